The molecular formula is C20H19N3O3. The third-order valence-electron chi connectivity index (χ3n) is 4.75. The molecule has 0 aliphatic carbocycles. The molecular weight excluding hydrogens is 330 g/mol. The van der Waals surface area contributed by atoms with E-state index in [1.165, 1.54) is 0 Å². The highest BCUT2D eigenvalue weighted by Crippen LogP contribution is 2.39. The fraction of sp³-hybridized carbons (Fsp3) is 0.250. The molecule has 6 heteroatoms. The standard InChI is InChI=1S/C20H19N3O3/c1-3-26-19(25)16-17(13-9-5-4-8-12(13)2)23-15-11-7-6-10-14(15)21-20(23)22-18(16)24/h4-11,16-17H,3H2,1-2H3,(H,21,22,24)/t16-,17-/m0/s1. The van der Waals surface area contributed by atoms with Crippen LogP contribution in [0.2, 0.25) is 0 Å². The second-order valence-corrected chi connectivity index (χ2v) is 6.31. The van der Waals surface area contributed by atoms with Crippen LogP contribution in [0.4, 0.5) is 5.95 Å². The number of amides is 1. The molecule has 2 heterocycles. The van der Waals surface area contributed by atoms with E-state index >= 15 is 0 Å². The molecule has 4 rings (SSSR count). The van der Waals surface area contributed by atoms with Crippen molar-refractivity contribution in [1.82, 2.24) is 9.55 Å². The molecule has 2 atom stereocenters. The van der Waals surface area contributed by atoms with Crippen LogP contribution in [0.1, 0.15) is 24.1 Å². The van der Waals surface area contributed by atoms with Gasteiger partial charge in [-0.2, -0.15) is 0 Å². The van der Waals surface area contributed by atoms with E-state index in [1.54, 1.807) is 6.92 Å². The Morgan fingerprint density at radius 3 is 2.69 bits per heavy atom. The van der Waals surface area contributed by atoms with Crippen molar-refractivity contribution < 1.29 is 14.3 Å². The molecule has 6 nitrogen and oxygen atoms in total. The largest absolute Gasteiger partial charge is 0.465 e. The van der Waals surface area contributed by atoms with Crippen molar-refractivity contribution in [1.29, 1.82) is 0 Å². The first kappa shape index (κ1) is 16.3. The number of benzene rings is 2. The molecule has 0 bridgehead atoms. The summed E-state index contributed by atoms with van der Waals surface area (Å²) in [5, 5.41) is 2.77. The number of ether oxygens (including phenoxy) is 1. The van der Waals surface area contributed by atoms with Gasteiger partial charge in [-0.05, 0) is 37.1 Å². The van der Waals surface area contributed by atoms with Gasteiger partial charge in [0, 0.05) is 0 Å². The maximum absolute atomic E-state index is 12.8. The Labute approximate surface area is 150 Å². The van der Waals surface area contributed by atoms with Gasteiger partial charge in [-0.3, -0.25) is 14.9 Å². The third kappa shape index (κ3) is 2.45. The van der Waals surface area contributed by atoms with E-state index in [-0.39, 0.29) is 12.5 Å². The zero-order valence-corrected chi connectivity index (χ0v) is 14.6. The minimum Gasteiger partial charge on any atom is -0.465 e. The van der Waals surface area contributed by atoms with E-state index in [4.69, 9.17) is 4.74 Å². The molecule has 1 aromatic heterocycles. The van der Waals surface area contributed by atoms with Crippen molar-refractivity contribution in [2.24, 2.45) is 5.92 Å². The molecule has 26 heavy (non-hydrogen) atoms. The number of hydrogen-bond acceptors (Lipinski definition) is 4. The van der Waals surface area contributed by atoms with Gasteiger partial charge in [-0.15, -0.1) is 0 Å². The van der Waals surface area contributed by atoms with Crippen LogP contribution in [-0.2, 0) is 14.3 Å². The highest BCUT2D eigenvalue weighted by molar-refractivity contribution is 6.07. The topological polar surface area (TPSA) is 73.2 Å². The van der Waals surface area contributed by atoms with Gasteiger partial charge in [-0.25, -0.2) is 4.98 Å². The van der Waals surface area contributed by atoms with Crippen molar-refractivity contribution in [3.8, 4) is 0 Å². The lowest BCUT2D eigenvalue weighted by atomic mass is 9.88. The zero-order chi connectivity index (χ0) is 18.3. The van der Waals surface area contributed by atoms with E-state index in [9.17, 15) is 9.59 Å². The van der Waals surface area contributed by atoms with Gasteiger partial charge in [0.2, 0.25) is 11.9 Å². The van der Waals surface area contributed by atoms with E-state index < -0.39 is 17.9 Å². The van der Waals surface area contributed by atoms with E-state index in [1.807, 2.05) is 60.0 Å². The van der Waals surface area contributed by atoms with E-state index in [2.05, 4.69) is 10.3 Å². The highest BCUT2D eigenvalue weighted by atomic mass is 16.5. The van der Waals surface area contributed by atoms with Crippen molar-refractivity contribution in [3.63, 3.8) is 0 Å². The first-order valence-electron chi connectivity index (χ1n) is 8.61. The summed E-state index contributed by atoms with van der Waals surface area (Å²) in [6.07, 6.45) is 0. The fourth-order valence-corrected chi connectivity index (χ4v) is 3.60. The van der Waals surface area contributed by atoms with Crippen LogP contribution < -0.4 is 5.32 Å². The van der Waals surface area contributed by atoms with Crippen LogP contribution in [0.5, 0.6) is 0 Å². The second kappa shape index (κ2) is 6.29. The average Bonchev–Trinajstić information content (AvgIpc) is 2.99. The normalized spacial score (nSPS) is 19.1. The van der Waals surface area contributed by atoms with Gasteiger partial charge >= 0.3 is 5.97 Å². The SMILES string of the molecule is CCOC(=O)[C@@H]1C(=O)Nc2nc3ccccc3n2[C@H]1c1ccccc1C. The van der Waals surface area contributed by atoms with Crippen LogP contribution in [0.25, 0.3) is 11.0 Å². The monoisotopic (exact) mass is 349 g/mol. The summed E-state index contributed by atoms with van der Waals surface area (Å²) in [6.45, 7) is 3.93. The maximum atomic E-state index is 12.8. The van der Waals surface area contributed by atoms with Gasteiger partial charge in [0.25, 0.3) is 0 Å². The summed E-state index contributed by atoms with van der Waals surface area (Å²) < 4.78 is 7.14. The first-order chi connectivity index (χ1) is 12.6. The molecule has 1 N–H and O–H groups in total. The Kier molecular flexibility index (Phi) is 3.95. The summed E-state index contributed by atoms with van der Waals surface area (Å²) in [5.74, 6) is -1.44. The maximum Gasteiger partial charge on any atom is 0.321 e. The van der Waals surface area contributed by atoms with Crippen LogP contribution >= 0.6 is 0 Å². The lowest BCUT2D eigenvalue weighted by Gasteiger charge is -2.33. The Morgan fingerprint density at radius 2 is 1.92 bits per heavy atom. The minimum atomic E-state index is -0.971. The Bertz CT molecular complexity index is 1010. The van der Waals surface area contributed by atoms with E-state index in [0.29, 0.717) is 5.95 Å². The quantitative estimate of drug-likeness (QED) is 0.583. The number of aryl methyl sites for hydroxylation is 1. The highest BCUT2D eigenvalue weighted by Gasteiger charge is 2.44. The minimum absolute atomic E-state index is 0.223. The van der Waals surface area contributed by atoms with Crippen LogP contribution in [-0.4, -0.2) is 28.0 Å². The Hall–Kier alpha value is -3.15. The van der Waals surface area contributed by atoms with Crippen molar-refractivity contribution in [2.75, 3.05) is 11.9 Å². The Morgan fingerprint density at radius 1 is 1.19 bits per heavy atom. The van der Waals surface area contributed by atoms with Crippen LogP contribution in [0, 0.1) is 12.8 Å². The number of anilines is 1. The van der Waals surface area contributed by atoms with E-state index in [0.717, 1.165) is 22.2 Å². The van der Waals surface area contributed by atoms with Crippen LogP contribution in [0.3, 0.4) is 0 Å². The third-order valence-corrected chi connectivity index (χ3v) is 4.75. The number of nitrogens with zero attached hydrogens (tertiary/aromatic N) is 2. The molecule has 1 aliphatic rings. The first-order valence-corrected chi connectivity index (χ1v) is 8.61. The average molecular weight is 349 g/mol. The molecule has 1 amide bonds. The lowest BCUT2D eigenvalue weighted by molar-refractivity contribution is -0.152. The lowest BCUT2D eigenvalue weighted by Crippen LogP contribution is -2.43. The van der Waals surface area contributed by atoms with Gasteiger partial charge in [0.15, 0.2) is 5.92 Å². The summed E-state index contributed by atoms with van der Waals surface area (Å²) in [7, 11) is 0. The number of esters is 1. The number of hydrogen-bond donors (Lipinski definition) is 1. The predicted molar refractivity (Wildman–Crippen MR) is 97.8 cm³/mol. The van der Waals surface area contributed by atoms with Crippen LogP contribution in [0.15, 0.2) is 48.5 Å². The fourth-order valence-electron chi connectivity index (χ4n) is 3.60. The summed E-state index contributed by atoms with van der Waals surface area (Å²) in [5.41, 5.74) is 3.55. The Balaban J connectivity index is 1.99. The molecule has 3 aromatic rings. The van der Waals surface area contributed by atoms with Gasteiger partial charge < -0.3 is 9.30 Å². The number of carbonyl (C=O) groups excluding carboxylic acids is 2. The summed E-state index contributed by atoms with van der Waals surface area (Å²) in [6, 6.07) is 14.9. The molecule has 0 saturated carbocycles. The molecule has 2 aromatic carbocycles. The summed E-state index contributed by atoms with van der Waals surface area (Å²) >= 11 is 0. The molecule has 0 saturated heterocycles. The molecule has 0 unspecified atom stereocenters. The summed E-state index contributed by atoms with van der Waals surface area (Å²) in [4.78, 5) is 30.0. The molecule has 0 radical (unpaired) electrons. The number of carbonyl (C=O) groups is 2. The number of imidazole rings is 1. The molecule has 0 spiro atoms. The zero-order valence-electron chi connectivity index (χ0n) is 14.6. The van der Waals surface area contributed by atoms with Gasteiger partial charge in [0.1, 0.15) is 0 Å². The molecule has 0 fully saturated rings. The predicted octanol–water partition coefficient (Wildman–Crippen LogP) is 3.07. The van der Waals surface area contributed by atoms with Gasteiger partial charge in [0.05, 0.1) is 23.7 Å². The smallest absolute Gasteiger partial charge is 0.321 e. The number of para-hydroxylation sites is 2. The number of aromatic nitrogens is 2. The van der Waals surface area contributed by atoms with Crippen molar-refractivity contribution in [3.05, 3.63) is 59.7 Å². The number of nitrogens with one attached hydrogen (secondary N) is 1. The molecule has 132 valence electrons. The van der Waals surface area contributed by atoms with Crippen molar-refractivity contribution in [2.45, 2.75) is 19.9 Å². The van der Waals surface area contributed by atoms with Gasteiger partial charge in [-0.1, -0.05) is 36.4 Å². The second-order valence-electron chi connectivity index (χ2n) is 6.31. The number of rotatable bonds is 3. The van der Waals surface area contributed by atoms with Crippen molar-refractivity contribution >= 4 is 28.9 Å². The molecule has 1 aliphatic heterocycles. The number of fused-ring (bicyclic) bond motifs is 3.